The van der Waals surface area contributed by atoms with Crippen LogP contribution in [0, 0.1) is 0 Å². The quantitative estimate of drug-likeness (QED) is 0.755. The molecule has 11 heteroatoms. The van der Waals surface area contributed by atoms with Crippen LogP contribution in [0.1, 0.15) is 26.3 Å². The van der Waals surface area contributed by atoms with Gasteiger partial charge in [0.05, 0.1) is 6.33 Å². The lowest BCUT2D eigenvalue weighted by atomic mass is 9.94. The topological polar surface area (TPSA) is 119 Å². The van der Waals surface area contributed by atoms with Crippen molar-refractivity contribution in [3.05, 3.63) is 12.5 Å². The highest BCUT2D eigenvalue weighted by Gasteiger charge is 2.61. The molecule has 1 fully saturated rings. The van der Waals surface area contributed by atoms with Crippen LogP contribution >= 0.6 is 0 Å². The molecule has 2 rings (SSSR count). The van der Waals surface area contributed by atoms with E-state index in [1.807, 2.05) is 13.8 Å². The number of amides is 1. The number of hydrogen-bond acceptors (Lipinski definition) is 5. The van der Waals surface area contributed by atoms with Gasteiger partial charge in [-0.1, -0.05) is 0 Å². The van der Waals surface area contributed by atoms with Gasteiger partial charge in [-0.05, 0) is 20.3 Å². The highest BCUT2D eigenvalue weighted by atomic mass is 32.2. The highest BCUT2D eigenvalue weighted by molar-refractivity contribution is 7.89. The second kappa shape index (κ2) is 5.49. The van der Waals surface area contributed by atoms with Gasteiger partial charge in [-0.25, -0.2) is 13.4 Å². The zero-order chi connectivity index (χ0) is 17.6. The fraction of sp³-hybridized carbons (Fsp3) is 0.667. The fourth-order valence-corrected chi connectivity index (χ4v) is 3.73. The van der Waals surface area contributed by atoms with Gasteiger partial charge >= 0.3 is 5.92 Å². The highest BCUT2D eigenvalue weighted by Crippen LogP contribution is 2.38. The number of aliphatic hydroxyl groups is 1. The molecule has 0 saturated carbocycles. The van der Waals surface area contributed by atoms with Crippen LogP contribution in [0.4, 0.5) is 8.78 Å². The number of sulfonamides is 1. The SMILES string of the molecule is CC(C)n1cnc(S(=O)(=O)N2CCC(O)(C(F)(F)C(N)=O)C2)c1. The number of carbonyl (C=O) groups excluding carboxylic acids is 1. The number of alkyl halides is 2. The summed E-state index contributed by atoms with van der Waals surface area (Å²) in [6, 6.07) is -0.0267. The Labute approximate surface area is 131 Å². The van der Waals surface area contributed by atoms with Gasteiger partial charge in [0.2, 0.25) is 0 Å². The predicted molar refractivity (Wildman–Crippen MR) is 75.1 cm³/mol. The maximum atomic E-state index is 13.7. The molecule has 0 aliphatic carbocycles. The molecule has 0 spiro atoms. The van der Waals surface area contributed by atoms with Gasteiger partial charge in [0, 0.05) is 25.3 Å². The van der Waals surface area contributed by atoms with Crippen molar-refractivity contribution in [2.75, 3.05) is 13.1 Å². The molecule has 0 radical (unpaired) electrons. The zero-order valence-corrected chi connectivity index (χ0v) is 13.4. The van der Waals surface area contributed by atoms with Crippen molar-refractivity contribution in [3.8, 4) is 0 Å². The molecule has 1 unspecified atom stereocenters. The van der Waals surface area contributed by atoms with E-state index in [-0.39, 0.29) is 17.6 Å². The van der Waals surface area contributed by atoms with E-state index >= 15 is 0 Å². The largest absolute Gasteiger partial charge is 0.382 e. The molecule has 8 nitrogen and oxygen atoms in total. The second-order valence-corrected chi connectivity index (χ2v) is 7.70. The number of primary amides is 1. The number of aromatic nitrogens is 2. The van der Waals surface area contributed by atoms with Crippen LogP contribution in [0.2, 0.25) is 0 Å². The first kappa shape index (κ1) is 17.8. The number of imidazole rings is 1. The molecule has 0 bridgehead atoms. The standard InChI is InChI=1S/C12H18F2N4O4S/c1-8(2)17-5-9(16-7-17)23(21,22)18-4-3-11(20,6-18)12(13,14)10(15)19/h5,7-8,20H,3-4,6H2,1-2H3,(H2,15,19). The maximum absolute atomic E-state index is 13.7. The van der Waals surface area contributed by atoms with E-state index in [4.69, 9.17) is 0 Å². The molecule has 3 N–H and O–H groups in total. The average Bonchev–Trinajstić information content (AvgIpc) is 3.06. The molecule has 1 aromatic heterocycles. The minimum Gasteiger partial charge on any atom is -0.382 e. The molecule has 1 amide bonds. The number of nitrogens with zero attached hydrogens (tertiary/aromatic N) is 3. The van der Waals surface area contributed by atoms with Crippen LogP contribution in [0.15, 0.2) is 17.6 Å². The summed E-state index contributed by atoms with van der Waals surface area (Å²) in [7, 11) is -4.15. The summed E-state index contributed by atoms with van der Waals surface area (Å²) in [5, 5.41) is 9.67. The number of carbonyl (C=O) groups is 1. The lowest BCUT2D eigenvalue weighted by Crippen LogP contribution is -2.57. The van der Waals surface area contributed by atoms with Gasteiger partial charge in [-0.3, -0.25) is 4.79 Å². The van der Waals surface area contributed by atoms with Gasteiger partial charge in [0.15, 0.2) is 10.6 Å². The van der Waals surface area contributed by atoms with Crippen LogP contribution in [0.5, 0.6) is 0 Å². The van der Waals surface area contributed by atoms with Crippen molar-refractivity contribution >= 4 is 15.9 Å². The van der Waals surface area contributed by atoms with E-state index in [1.54, 1.807) is 4.57 Å². The molecule has 1 aromatic rings. The molecule has 1 aliphatic heterocycles. The number of hydrogen-bond donors (Lipinski definition) is 2. The van der Waals surface area contributed by atoms with Crippen LogP contribution in [0.25, 0.3) is 0 Å². The summed E-state index contributed by atoms with van der Waals surface area (Å²) < 4.78 is 54.6. The molecular weight excluding hydrogens is 334 g/mol. The van der Waals surface area contributed by atoms with E-state index in [2.05, 4.69) is 10.7 Å². The molecule has 23 heavy (non-hydrogen) atoms. The first-order valence-electron chi connectivity index (χ1n) is 6.85. The normalized spacial score (nSPS) is 23.6. The third-order valence-corrected chi connectivity index (χ3v) is 5.62. The molecule has 0 aromatic carbocycles. The number of nitrogens with two attached hydrogens (primary N) is 1. The first-order chi connectivity index (χ1) is 10.4. The average molecular weight is 352 g/mol. The van der Waals surface area contributed by atoms with Crippen LogP contribution in [-0.2, 0) is 14.8 Å². The summed E-state index contributed by atoms with van der Waals surface area (Å²) in [4.78, 5) is 14.6. The Morgan fingerprint density at radius 2 is 2.13 bits per heavy atom. The van der Waals surface area contributed by atoms with Crippen molar-refractivity contribution in [1.29, 1.82) is 0 Å². The summed E-state index contributed by atoms with van der Waals surface area (Å²) in [6.45, 7) is 2.34. The molecule has 1 atom stereocenters. The lowest BCUT2D eigenvalue weighted by Gasteiger charge is -2.29. The predicted octanol–water partition coefficient (Wildman–Crippen LogP) is -0.290. The molecule has 2 heterocycles. The second-order valence-electron chi connectivity index (χ2n) is 5.81. The fourth-order valence-electron chi connectivity index (χ4n) is 2.32. The minimum atomic E-state index is -4.23. The van der Waals surface area contributed by atoms with Crippen LogP contribution < -0.4 is 5.73 Å². The Morgan fingerprint density at radius 1 is 1.52 bits per heavy atom. The lowest BCUT2D eigenvalue weighted by molar-refractivity contribution is -0.184. The summed E-state index contributed by atoms with van der Waals surface area (Å²) in [5.74, 6) is -6.22. The third-order valence-electron chi connectivity index (χ3n) is 3.88. The number of rotatable bonds is 5. The maximum Gasteiger partial charge on any atom is 0.353 e. The number of β-amino-alcohol motifs (C(OH)–C–C–N with tert-alkyl or cyclic N) is 1. The molecule has 1 aliphatic rings. The Balaban J connectivity index is 2.28. The zero-order valence-electron chi connectivity index (χ0n) is 12.6. The van der Waals surface area contributed by atoms with Crippen molar-refractivity contribution in [3.63, 3.8) is 0 Å². The first-order valence-corrected chi connectivity index (χ1v) is 8.29. The Bertz CT molecular complexity index is 718. The smallest absolute Gasteiger partial charge is 0.353 e. The van der Waals surface area contributed by atoms with Gasteiger partial charge in [-0.15, -0.1) is 0 Å². The van der Waals surface area contributed by atoms with Crippen LogP contribution in [-0.4, -0.2) is 57.9 Å². The summed E-state index contributed by atoms with van der Waals surface area (Å²) in [6.07, 6.45) is 1.99. The van der Waals surface area contributed by atoms with Crippen molar-refractivity contribution < 1.29 is 27.1 Å². The molecular formula is C12H18F2N4O4S. The van der Waals surface area contributed by atoms with E-state index in [0.29, 0.717) is 4.31 Å². The third kappa shape index (κ3) is 2.83. The Kier molecular flexibility index (Phi) is 4.24. The summed E-state index contributed by atoms with van der Waals surface area (Å²) in [5.41, 5.74) is 1.78. The number of halogens is 2. The molecule has 130 valence electrons. The van der Waals surface area contributed by atoms with Crippen molar-refractivity contribution in [1.82, 2.24) is 13.9 Å². The Morgan fingerprint density at radius 3 is 2.61 bits per heavy atom. The van der Waals surface area contributed by atoms with E-state index < -0.39 is 40.4 Å². The monoisotopic (exact) mass is 352 g/mol. The van der Waals surface area contributed by atoms with Crippen molar-refractivity contribution in [2.24, 2.45) is 5.73 Å². The summed E-state index contributed by atoms with van der Waals surface area (Å²) >= 11 is 0. The van der Waals surface area contributed by atoms with Gasteiger partial charge in [-0.2, -0.15) is 13.1 Å². The van der Waals surface area contributed by atoms with Crippen molar-refractivity contribution in [2.45, 2.75) is 42.9 Å². The van der Waals surface area contributed by atoms with E-state index in [0.717, 1.165) is 0 Å². The minimum absolute atomic E-state index is 0.0267. The van der Waals surface area contributed by atoms with Gasteiger partial charge in [0.25, 0.3) is 15.9 Å². The molecule has 1 saturated heterocycles. The van der Waals surface area contributed by atoms with Gasteiger partial charge < -0.3 is 15.4 Å². The van der Waals surface area contributed by atoms with E-state index in [9.17, 15) is 27.1 Å². The van der Waals surface area contributed by atoms with Crippen LogP contribution in [0.3, 0.4) is 0 Å². The van der Waals surface area contributed by atoms with E-state index in [1.165, 1.54) is 12.5 Å². The Hall–Kier alpha value is -1.59. The van der Waals surface area contributed by atoms with Gasteiger partial charge in [0.1, 0.15) is 0 Å².